The number of hydrogen-bond donors (Lipinski definition) is 1. The number of rotatable bonds is 4. The van der Waals surface area contributed by atoms with Gasteiger partial charge in [-0.15, -0.1) is 11.3 Å². The summed E-state index contributed by atoms with van der Waals surface area (Å²) in [7, 11) is 1.50. The van der Waals surface area contributed by atoms with E-state index in [1.165, 1.54) is 24.5 Å². The van der Waals surface area contributed by atoms with E-state index < -0.39 is 17.3 Å². The van der Waals surface area contributed by atoms with Crippen LogP contribution in [0.1, 0.15) is 0 Å². The maximum atomic E-state index is 13.8. The third-order valence-corrected chi connectivity index (χ3v) is 4.65. The molecule has 27 heavy (non-hydrogen) atoms. The van der Waals surface area contributed by atoms with E-state index in [0.29, 0.717) is 27.5 Å². The zero-order chi connectivity index (χ0) is 19.0. The first-order valence-corrected chi connectivity index (χ1v) is 8.72. The van der Waals surface area contributed by atoms with Gasteiger partial charge in [-0.3, -0.25) is 0 Å². The summed E-state index contributed by atoms with van der Waals surface area (Å²) < 4.78 is 37.4. The van der Waals surface area contributed by atoms with Gasteiger partial charge in [-0.1, -0.05) is 12.1 Å². The molecular weight excluding hydrogens is 374 g/mol. The van der Waals surface area contributed by atoms with Crippen molar-refractivity contribution in [3.05, 3.63) is 69.9 Å². The summed E-state index contributed by atoms with van der Waals surface area (Å²) in [5.41, 5.74) is 0.559. The average molecular weight is 386 g/mol. The monoisotopic (exact) mass is 386 g/mol. The zero-order valence-corrected chi connectivity index (χ0v) is 14.8. The summed E-state index contributed by atoms with van der Waals surface area (Å²) in [6.07, 6.45) is 0. The highest BCUT2D eigenvalue weighted by molar-refractivity contribution is 7.14. The van der Waals surface area contributed by atoms with Gasteiger partial charge in [0.25, 0.3) is 0 Å². The number of hydrogen-bond acceptors (Lipinski definition) is 6. The number of ether oxygens (including phenoxy) is 1. The Bertz CT molecular complexity index is 1200. The summed E-state index contributed by atoms with van der Waals surface area (Å²) in [6, 6.07) is 10.2. The van der Waals surface area contributed by atoms with Crippen LogP contribution in [0.3, 0.4) is 0 Å². The molecule has 0 aliphatic carbocycles. The Hall–Kier alpha value is -3.26. The van der Waals surface area contributed by atoms with Gasteiger partial charge in [0.15, 0.2) is 16.5 Å². The lowest BCUT2D eigenvalue weighted by molar-refractivity contribution is 0.407. The molecule has 0 amide bonds. The van der Waals surface area contributed by atoms with Crippen molar-refractivity contribution < 1.29 is 17.9 Å². The average Bonchev–Trinajstić information content (AvgIpc) is 3.11. The van der Waals surface area contributed by atoms with Gasteiger partial charge in [-0.2, -0.15) is 0 Å². The molecule has 2 heterocycles. The molecule has 0 spiro atoms. The number of benzene rings is 2. The van der Waals surface area contributed by atoms with E-state index in [9.17, 15) is 13.6 Å². The fourth-order valence-corrected chi connectivity index (χ4v) is 3.34. The first-order chi connectivity index (χ1) is 13.0. The number of nitrogens with zero attached hydrogens (tertiary/aromatic N) is 1. The number of fused-ring (bicyclic) bond motifs is 1. The lowest BCUT2D eigenvalue weighted by atomic mass is 10.1. The molecule has 1 N–H and O–H groups in total. The summed E-state index contributed by atoms with van der Waals surface area (Å²) in [4.78, 5) is 16.7. The molecular formula is C19H12F2N2O3S. The Kier molecular flexibility index (Phi) is 4.33. The number of thiazole rings is 1. The Balaban J connectivity index is 1.71. The van der Waals surface area contributed by atoms with Crippen molar-refractivity contribution >= 4 is 33.1 Å². The number of para-hydroxylation sites is 1. The fraction of sp³-hybridized carbons (Fsp3) is 0.0526. The Labute approximate surface area is 155 Å². The van der Waals surface area contributed by atoms with Gasteiger partial charge in [0.2, 0.25) is 0 Å². The number of aromatic nitrogens is 1. The number of methoxy groups -OCH3 is 1. The number of halogens is 2. The molecule has 0 saturated carbocycles. The van der Waals surface area contributed by atoms with Crippen LogP contribution in [0.2, 0.25) is 0 Å². The van der Waals surface area contributed by atoms with Crippen LogP contribution >= 0.6 is 11.3 Å². The molecule has 0 atom stereocenters. The minimum Gasteiger partial charge on any atom is -0.493 e. The van der Waals surface area contributed by atoms with Gasteiger partial charge < -0.3 is 14.5 Å². The van der Waals surface area contributed by atoms with Gasteiger partial charge in [0, 0.05) is 16.8 Å². The Morgan fingerprint density at radius 3 is 2.81 bits per heavy atom. The van der Waals surface area contributed by atoms with Crippen LogP contribution in [0.5, 0.6) is 5.75 Å². The molecule has 0 saturated heterocycles. The predicted molar refractivity (Wildman–Crippen MR) is 99.8 cm³/mol. The minimum absolute atomic E-state index is 0.0904. The van der Waals surface area contributed by atoms with Crippen LogP contribution in [0.25, 0.3) is 22.2 Å². The first kappa shape index (κ1) is 17.2. The van der Waals surface area contributed by atoms with Crippen LogP contribution in [0, 0.1) is 11.6 Å². The SMILES string of the molecule is COc1cccc2cc(-c3csc(Nc4ccc(F)cc4F)n3)c(=O)oc12. The normalized spacial score (nSPS) is 10.9. The maximum absolute atomic E-state index is 13.8. The summed E-state index contributed by atoms with van der Waals surface area (Å²) in [5, 5.41) is 5.48. The number of nitrogens with one attached hydrogen (secondary N) is 1. The number of anilines is 2. The van der Waals surface area contributed by atoms with Gasteiger partial charge in [0.1, 0.15) is 11.6 Å². The van der Waals surface area contributed by atoms with Gasteiger partial charge in [-0.05, 0) is 24.3 Å². The summed E-state index contributed by atoms with van der Waals surface area (Å²) >= 11 is 1.19. The molecule has 0 radical (unpaired) electrons. The third kappa shape index (κ3) is 3.26. The van der Waals surface area contributed by atoms with E-state index in [1.807, 2.05) is 0 Å². The standard InChI is InChI=1S/C19H12F2N2O3S/c1-25-16-4-2-3-10-7-12(18(24)26-17(10)16)15-9-27-19(23-15)22-14-6-5-11(20)8-13(14)21/h2-9H,1H3,(H,22,23). The van der Waals surface area contributed by atoms with Gasteiger partial charge >= 0.3 is 5.63 Å². The molecule has 0 aliphatic rings. The predicted octanol–water partition coefficient (Wildman–Crippen LogP) is 4.95. The topological polar surface area (TPSA) is 64.4 Å². The van der Waals surface area contributed by atoms with E-state index in [1.54, 1.807) is 29.6 Å². The highest BCUT2D eigenvalue weighted by Gasteiger charge is 2.14. The van der Waals surface area contributed by atoms with E-state index >= 15 is 0 Å². The Morgan fingerprint density at radius 2 is 2.04 bits per heavy atom. The molecule has 2 aromatic carbocycles. The van der Waals surface area contributed by atoms with Crippen LogP contribution in [0.15, 0.2) is 57.1 Å². The van der Waals surface area contributed by atoms with Crippen LogP contribution < -0.4 is 15.7 Å². The van der Waals surface area contributed by atoms with Gasteiger partial charge in [-0.25, -0.2) is 18.6 Å². The van der Waals surface area contributed by atoms with E-state index in [2.05, 4.69) is 10.3 Å². The second kappa shape index (κ2) is 6.81. The van der Waals surface area contributed by atoms with E-state index in [0.717, 1.165) is 12.1 Å². The van der Waals surface area contributed by atoms with Crippen molar-refractivity contribution in [1.82, 2.24) is 4.98 Å². The van der Waals surface area contributed by atoms with E-state index in [-0.39, 0.29) is 11.3 Å². The van der Waals surface area contributed by atoms with Crippen molar-refractivity contribution in [3.8, 4) is 17.0 Å². The molecule has 8 heteroatoms. The van der Waals surface area contributed by atoms with Crippen LogP contribution in [-0.4, -0.2) is 12.1 Å². The highest BCUT2D eigenvalue weighted by atomic mass is 32.1. The largest absolute Gasteiger partial charge is 0.493 e. The second-order valence-corrected chi connectivity index (χ2v) is 6.47. The molecule has 136 valence electrons. The molecule has 5 nitrogen and oxygen atoms in total. The summed E-state index contributed by atoms with van der Waals surface area (Å²) in [5.74, 6) is -0.935. The van der Waals surface area contributed by atoms with Crippen molar-refractivity contribution in [1.29, 1.82) is 0 Å². The first-order valence-electron chi connectivity index (χ1n) is 7.84. The molecule has 4 aromatic rings. The highest BCUT2D eigenvalue weighted by Crippen LogP contribution is 2.30. The second-order valence-electron chi connectivity index (χ2n) is 5.61. The molecule has 4 rings (SSSR count). The lowest BCUT2D eigenvalue weighted by Gasteiger charge is -2.05. The molecule has 0 fully saturated rings. The molecule has 0 unspecified atom stereocenters. The van der Waals surface area contributed by atoms with Crippen LogP contribution in [-0.2, 0) is 0 Å². The van der Waals surface area contributed by atoms with Gasteiger partial charge in [0.05, 0.1) is 24.1 Å². The molecule has 0 bridgehead atoms. The Morgan fingerprint density at radius 1 is 1.19 bits per heavy atom. The molecule has 0 aliphatic heterocycles. The quantitative estimate of drug-likeness (QED) is 0.503. The third-order valence-electron chi connectivity index (χ3n) is 3.90. The van der Waals surface area contributed by atoms with Crippen molar-refractivity contribution in [3.63, 3.8) is 0 Å². The smallest absolute Gasteiger partial charge is 0.345 e. The van der Waals surface area contributed by atoms with Crippen molar-refractivity contribution in [2.24, 2.45) is 0 Å². The van der Waals surface area contributed by atoms with Crippen molar-refractivity contribution in [2.75, 3.05) is 12.4 Å². The lowest BCUT2D eigenvalue weighted by Crippen LogP contribution is -2.03. The minimum atomic E-state index is -0.732. The molecule has 2 aromatic heterocycles. The maximum Gasteiger partial charge on any atom is 0.345 e. The van der Waals surface area contributed by atoms with E-state index in [4.69, 9.17) is 9.15 Å². The van der Waals surface area contributed by atoms with Crippen molar-refractivity contribution in [2.45, 2.75) is 0 Å². The zero-order valence-electron chi connectivity index (χ0n) is 14.0. The fourth-order valence-electron chi connectivity index (χ4n) is 2.62. The van der Waals surface area contributed by atoms with Crippen LogP contribution in [0.4, 0.5) is 19.6 Å². The summed E-state index contributed by atoms with van der Waals surface area (Å²) in [6.45, 7) is 0.